The Morgan fingerprint density at radius 2 is 0.658 bits per heavy atom. The zero-order valence-corrected chi connectivity index (χ0v) is 21.7. The highest BCUT2D eigenvalue weighted by molar-refractivity contribution is 8.76. The van der Waals surface area contributed by atoms with Crippen LogP contribution < -0.4 is 0 Å². The number of rotatable bonds is 7. The van der Waals surface area contributed by atoms with Crippen LogP contribution in [0.2, 0.25) is 0 Å². The summed E-state index contributed by atoms with van der Waals surface area (Å²) >= 11 is 0. The Morgan fingerprint density at radius 1 is 0.316 bits per heavy atom. The van der Waals surface area contributed by atoms with Crippen LogP contribution in [0.15, 0.2) is 132 Å². The summed E-state index contributed by atoms with van der Waals surface area (Å²) in [6.07, 6.45) is 3.54. The van der Waals surface area contributed by atoms with E-state index in [0.29, 0.717) is 0 Å². The minimum atomic E-state index is 0.805. The molecule has 0 spiro atoms. The Hall–Kier alpha value is -4.40. The van der Waals surface area contributed by atoms with Gasteiger partial charge in [-0.1, -0.05) is 36.4 Å². The van der Waals surface area contributed by atoms with Gasteiger partial charge in [0.2, 0.25) is 0 Å². The predicted molar refractivity (Wildman–Crippen MR) is 153 cm³/mol. The number of pyridine rings is 6. The second-order valence-electron chi connectivity index (χ2n) is 8.13. The standard InChI is InChI=1S/C30H20N6S2/c1-3-19-31-21(9-1)23-11-5-13-25(33-23)27-15-7-17-29(35-27)37-38-30-18-8-16-28(36-30)26-14-6-12-24(34-26)22-10-2-4-20-32-22/h1-20H. The topological polar surface area (TPSA) is 77.3 Å². The summed E-state index contributed by atoms with van der Waals surface area (Å²) in [4.78, 5) is 28.0. The molecule has 0 radical (unpaired) electrons. The zero-order chi connectivity index (χ0) is 25.6. The van der Waals surface area contributed by atoms with E-state index in [1.807, 2.05) is 109 Å². The molecule has 0 aliphatic carbocycles. The zero-order valence-electron chi connectivity index (χ0n) is 20.0. The van der Waals surface area contributed by atoms with E-state index in [0.717, 1.165) is 55.6 Å². The maximum atomic E-state index is 4.83. The first kappa shape index (κ1) is 24.0. The predicted octanol–water partition coefficient (Wildman–Crippen LogP) is 7.52. The molecule has 0 fully saturated rings. The van der Waals surface area contributed by atoms with Gasteiger partial charge in [-0.2, -0.15) is 0 Å². The molecule has 6 rings (SSSR count). The van der Waals surface area contributed by atoms with Crippen LogP contribution in [0.3, 0.4) is 0 Å². The second kappa shape index (κ2) is 11.3. The van der Waals surface area contributed by atoms with Gasteiger partial charge in [0, 0.05) is 12.4 Å². The summed E-state index contributed by atoms with van der Waals surface area (Å²) in [5, 5.41) is 1.75. The minimum absolute atomic E-state index is 0.805. The van der Waals surface area contributed by atoms with Crippen molar-refractivity contribution < 1.29 is 0 Å². The monoisotopic (exact) mass is 528 g/mol. The molecule has 38 heavy (non-hydrogen) atoms. The summed E-state index contributed by atoms with van der Waals surface area (Å²) in [5.41, 5.74) is 6.54. The lowest BCUT2D eigenvalue weighted by Crippen LogP contribution is -1.92. The molecule has 0 N–H and O–H groups in total. The van der Waals surface area contributed by atoms with Crippen molar-refractivity contribution in [1.29, 1.82) is 0 Å². The van der Waals surface area contributed by atoms with Crippen molar-refractivity contribution in [3.63, 3.8) is 0 Å². The van der Waals surface area contributed by atoms with E-state index in [-0.39, 0.29) is 0 Å². The van der Waals surface area contributed by atoms with Crippen LogP contribution in [0.5, 0.6) is 0 Å². The van der Waals surface area contributed by atoms with Gasteiger partial charge in [-0.3, -0.25) is 9.97 Å². The lowest BCUT2D eigenvalue weighted by atomic mass is 10.2. The molecular weight excluding hydrogens is 509 g/mol. The molecule has 6 heterocycles. The normalized spacial score (nSPS) is 10.8. The van der Waals surface area contributed by atoms with Crippen LogP contribution in [0.1, 0.15) is 0 Å². The van der Waals surface area contributed by atoms with Crippen molar-refractivity contribution in [2.24, 2.45) is 0 Å². The first-order chi connectivity index (χ1) is 18.8. The lowest BCUT2D eigenvalue weighted by Gasteiger charge is -2.07. The molecule has 6 aromatic heterocycles. The molecular formula is C30H20N6S2. The van der Waals surface area contributed by atoms with Crippen LogP contribution in [-0.4, -0.2) is 29.9 Å². The fraction of sp³-hybridized carbons (Fsp3) is 0. The molecule has 0 atom stereocenters. The SMILES string of the molecule is c1ccc(-c2cccc(-c3cccc(SSc4cccc(-c5cccc(-c6ccccn6)n5)n4)n3)n2)nc1. The van der Waals surface area contributed by atoms with Gasteiger partial charge < -0.3 is 0 Å². The van der Waals surface area contributed by atoms with Crippen molar-refractivity contribution in [3.05, 3.63) is 122 Å². The van der Waals surface area contributed by atoms with Crippen molar-refractivity contribution in [2.45, 2.75) is 10.1 Å². The third kappa shape index (κ3) is 5.61. The summed E-state index contributed by atoms with van der Waals surface area (Å²) in [7, 11) is 3.12. The molecule has 0 aromatic carbocycles. The molecule has 182 valence electrons. The van der Waals surface area contributed by atoms with Crippen molar-refractivity contribution in [2.75, 3.05) is 0 Å². The Morgan fingerprint density at radius 3 is 1.05 bits per heavy atom. The van der Waals surface area contributed by atoms with E-state index in [1.54, 1.807) is 34.0 Å². The molecule has 6 aromatic rings. The molecule has 0 aliphatic heterocycles. The van der Waals surface area contributed by atoms with Crippen molar-refractivity contribution >= 4 is 21.6 Å². The van der Waals surface area contributed by atoms with E-state index in [2.05, 4.69) is 9.97 Å². The maximum Gasteiger partial charge on any atom is 0.108 e. The quantitative estimate of drug-likeness (QED) is 0.197. The minimum Gasteiger partial charge on any atom is -0.255 e. The Balaban J connectivity index is 1.19. The van der Waals surface area contributed by atoms with Crippen LogP contribution in [0.25, 0.3) is 45.6 Å². The van der Waals surface area contributed by atoms with Gasteiger partial charge in [0.05, 0.1) is 45.6 Å². The van der Waals surface area contributed by atoms with E-state index in [1.165, 1.54) is 0 Å². The van der Waals surface area contributed by atoms with Gasteiger partial charge in [-0.05, 0) is 94.4 Å². The van der Waals surface area contributed by atoms with E-state index in [9.17, 15) is 0 Å². The smallest absolute Gasteiger partial charge is 0.108 e. The van der Waals surface area contributed by atoms with E-state index in [4.69, 9.17) is 19.9 Å². The summed E-state index contributed by atoms with van der Waals surface area (Å²) < 4.78 is 0. The van der Waals surface area contributed by atoms with Gasteiger partial charge >= 0.3 is 0 Å². The average Bonchev–Trinajstić information content (AvgIpc) is 3.01. The molecule has 0 saturated carbocycles. The molecule has 0 amide bonds. The highest BCUT2D eigenvalue weighted by atomic mass is 33.1. The van der Waals surface area contributed by atoms with Gasteiger partial charge in [0.15, 0.2) is 0 Å². The summed E-state index contributed by atoms with van der Waals surface area (Å²) in [6, 6.07) is 35.3. The highest BCUT2D eigenvalue weighted by Crippen LogP contribution is 2.36. The van der Waals surface area contributed by atoms with Crippen LogP contribution in [0.4, 0.5) is 0 Å². The fourth-order valence-corrected chi connectivity index (χ4v) is 5.54. The molecule has 6 nitrogen and oxygen atoms in total. The average molecular weight is 529 g/mol. The van der Waals surface area contributed by atoms with Gasteiger partial charge in [0.1, 0.15) is 10.1 Å². The van der Waals surface area contributed by atoms with E-state index < -0.39 is 0 Å². The highest BCUT2D eigenvalue weighted by Gasteiger charge is 2.09. The van der Waals surface area contributed by atoms with Gasteiger partial charge in [0.25, 0.3) is 0 Å². The fourth-order valence-electron chi connectivity index (χ4n) is 3.76. The summed E-state index contributed by atoms with van der Waals surface area (Å²) in [6.45, 7) is 0. The summed E-state index contributed by atoms with van der Waals surface area (Å²) in [5.74, 6) is 0. The third-order valence-electron chi connectivity index (χ3n) is 5.54. The number of aromatic nitrogens is 6. The maximum absolute atomic E-state index is 4.83. The second-order valence-corrected chi connectivity index (χ2v) is 10.3. The van der Waals surface area contributed by atoms with Crippen molar-refractivity contribution in [3.8, 4) is 45.6 Å². The van der Waals surface area contributed by atoms with Crippen LogP contribution in [0, 0.1) is 0 Å². The van der Waals surface area contributed by atoms with Gasteiger partial charge in [-0.15, -0.1) is 0 Å². The first-order valence-electron chi connectivity index (χ1n) is 11.9. The Labute approximate surface area is 228 Å². The number of hydrogen-bond donors (Lipinski definition) is 0. The van der Waals surface area contributed by atoms with Crippen LogP contribution in [-0.2, 0) is 0 Å². The molecule has 0 unspecified atom stereocenters. The Kier molecular flexibility index (Phi) is 7.15. The van der Waals surface area contributed by atoms with Crippen LogP contribution >= 0.6 is 21.6 Å². The van der Waals surface area contributed by atoms with Crippen molar-refractivity contribution in [1.82, 2.24) is 29.9 Å². The largest absolute Gasteiger partial charge is 0.255 e. The van der Waals surface area contributed by atoms with E-state index >= 15 is 0 Å². The first-order valence-corrected chi connectivity index (χ1v) is 14.0. The molecule has 0 aliphatic rings. The molecule has 8 heteroatoms. The Bertz CT molecular complexity index is 1550. The van der Waals surface area contributed by atoms with Gasteiger partial charge in [-0.25, -0.2) is 19.9 Å². The lowest BCUT2D eigenvalue weighted by molar-refractivity contribution is 1.12. The molecule has 0 bridgehead atoms. The molecule has 0 saturated heterocycles. The number of hydrogen-bond acceptors (Lipinski definition) is 8. The number of nitrogens with zero attached hydrogens (tertiary/aromatic N) is 6. The third-order valence-corrected chi connectivity index (χ3v) is 7.69.